The van der Waals surface area contributed by atoms with E-state index in [1.54, 1.807) is 0 Å². The van der Waals surface area contributed by atoms with Crippen LogP contribution in [-0.2, 0) is 5.41 Å². The van der Waals surface area contributed by atoms with E-state index in [1.165, 1.54) is 27.8 Å². The first-order valence-electron chi connectivity index (χ1n) is 8.14. The highest BCUT2D eigenvalue weighted by Gasteiger charge is 2.45. The van der Waals surface area contributed by atoms with Crippen LogP contribution in [0, 0.1) is 0 Å². The number of rotatable bonds is 5. The first-order valence-corrected chi connectivity index (χ1v) is 8.14. The normalized spacial score (nSPS) is 21.3. The van der Waals surface area contributed by atoms with Crippen molar-refractivity contribution < 1.29 is 0 Å². The lowest BCUT2D eigenvalue weighted by Crippen LogP contribution is -2.29. The van der Waals surface area contributed by atoms with Crippen LogP contribution in [0.2, 0.25) is 0 Å². The molecule has 118 valence electrons. The standard InChI is InChI=1S/C23H26/c1-7-13-18(6)23(17(5)9-3)21(14-8-2)19(10-4)20-15-11-12-16-22(20)23/h7-16H,4,6H2,1-3,5H3/b13-7-,14-8-,17-9+. The second-order valence-corrected chi connectivity index (χ2v) is 5.82. The van der Waals surface area contributed by atoms with Crippen LogP contribution in [0.4, 0.5) is 0 Å². The molecule has 2 rings (SSSR count). The van der Waals surface area contributed by atoms with Gasteiger partial charge >= 0.3 is 0 Å². The monoisotopic (exact) mass is 302 g/mol. The maximum Gasteiger partial charge on any atom is 0.0664 e. The molecule has 0 bridgehead atoms. The number of allylic oxidation sites excluding steroid dienone is 10. The Morgan fingerprint density at radius 3 is 2.35 bits per heavy atom. The van der Waals surface area contributed by atoms with Gasteiger partial charge in [-0.15, -0.1) is 0 Å². The van der Waals surface area contributed by atoms with Crippen LogP contribution < -0.4 is 0 Å². The zero-order chi connectivity index (χ0) is 17.0. The van der Waals surface area contributed by atoms with Crippen LogP contribution >= 0.6 is 0 Å². The topological polar surface area (TPSA) is 0 Å². The van der Waals surface area contributed by atoms with Gasteiger partial charge in [-0.1, -0.05) is 79.5 Å². The molecule has 0 nitrogen and oxygen atoms in total. The van der Waals surface area contributed by atoms with E-state index in [0.717, 1.165) is 5.57 Å². The number of fused-ring (bicyclic) bond motifs is 1. The summed E-state index contributed by atoms with van der Waals surface area (Å²) >= 11 is 0. The van der Waals surface area contributed by atoms with Gasteiger partial charge in [0.05, 0.1) is 5.41 Å². The smallest absolute Gasteiger partial charge is 0.0664 e. The molecule has 1 aliphatic carbocycles. The van der Waals surface area contributed by atoms with Crippen LogP contribution in [-0.4, -0.2) is 0 Å². The Morgan fingerprint density at radius 1 is 1.09 bits per heavy atom. The Bertz CT molecular complexity index is 750. The van der Waals surface area contributed by atoms with Gasteiger partial charge in [-0.25, -0.2) is 0 Å². The van der Waals surface area contributed by atoms with Gasteiger partial charge in [-0.3, -0.25) is 0 Å². The zero-order valence-electron chi connectivity index (χ0n) is 14.7. The molecule has 0 N–H and O–H groups in total. The van der Waals surface area contributed by atoms with Crippen molar-refractivity contribution in [3.05, 3.63) is 102 Å². The molecule has 0 saturated heterocycles. The lowest BCUT2D eigenvalue weighted by molar-refractivity contribution is 0.739. The van der Waals surface area contributed by atoms with Crippen molar-refractivity contribution in [3.63, 3.8) is 0 Å². The molecule has 1 unspecified atom stereocenters. The van der Waals surface area contributed by atoms with Gasteiger partial charge in [0.25, 0.3) is 0 Å². The minimum atomic E-state index is -0.312. The SMILES string of the molecule is C=CC1=C(/C=C\C)C(C(=C)/C=C\C)(/C(C)=C/C)c2ccccc21. The van der Waals surface area contributed by atoms with Crippen molar-refractivity contribution in [1.29, 1.82) is 0 Å². The van der Waals surface area contributed by atoms with Crippen molar-refractivity contribution in [1.82, 2.24) is 0 Å². The van der Waals surface area contributed by atoms with Gasteiger partial charge in [0.2, 0.25) is 0 Å². The average Bonchev–Trinajstić information content (AvgIpc) is 2.85. The first kappa shape index (κ1) is 17.0. The van der Waals surface area contributed by atoms with Crippen LogP contribution in [0.25, 0.3) is 5.57 Å². The van der Waals surface area contributed by atoms with Crippen molar-refractivity contribution in [2.75, 3.05) is 0 Å². The van der Waals surface area contributed by atoms with Crippen molar-refractivity contribution in [2.24, 2.45) is 0 Å². The molecule has 0 aromatic heterocycles. The minimum absolute atomic E-state index is 0.312. The molecule has 0 saturated carbocycles. The molecule has 0 spiro atoms. The molecule has 0 heterocycles. The van der Waals surface area contributed by atoms with Crippen molar-refractivity contribution in [3.8, 4) is 0 Å². The van der Waals surface area contributed by atoms with Gasteiger partial charge in [0.1, 0.15) is 0 Å². The second kappa shape index (κ2) is 6.83. The largest absolute Gasteiger partial charge is 0.0984 e. The number of hydrogen-bond acceptors (Lipinski definition) is 0. The molecule has 1 aromatic rings. The van der Waals surface area contributed by atoms with E-state index < -0.39 is 0 Å². The minimum Gasteiger partial charge on any atom is -0.0984 e. The molecular formula is C23H26. The van der Waals surface area contributed by atoms with Gasteiger partial charge < -0.3 is 0 Å². The molecule has 0 heteroatoms. The summed E-state index contributed by atoms with van der Waals surface area (Å²) in [5.41, 5.74) is 7.07. The number of hydrogen-bond donors (Lipinski definition) is 0. The summed E-state index contributed by atoms with van der Waals surface area (Å²) in [7, 11) is 0. The molecule has 0 aliphatic heterocycles. The highest BCUT2D eigenvalue weighted by molar-refractivity contribution is 5.91. The van der Waals surface area contributed by atoms with E-state index in [2.05, 4.69) is 88.6 Å². The van der Waals surface area contributed by atoms with E-state index in [1.807, 2.05) is 13.0 Å². The molecule has 23 heavy (non-hydrogen) atoms. The quantitative estimate of drug-likeness (QED) is 0.427. The second-order valence-electron chi connectivity index (χ2n) is 5.82. The Labute approximate surface area is 140 Å². The fraction of sp³-hybridized carbons (Fsp3) is 0.217. The highest BCUT2D eigenvalue weighted by atomic mass is 14.5. The van der Waals surface area contributed by atoms with E-state index in [0.29, 0.717) is 0 Å². The Hall–Kier alpha value is -2.34. The van der Waals surface area contributed by atoms with E-state index in [9.17, 15) is 0 Å². The third-order valence-electron chi connectivity index (χ3n) is 4.73. The predicted octanol–water partition coefficient (Wildman–Crippen LogP) is 6.55. The molecule has 1 aromatic carbocycles. The van der Waals surface area contributed by atoms with Gasteiger partial charge in [0, 0.05) is 0 Å². The van der Waals surface area contributed by atoms with Crippen molar-refractivity contribution >= 4 is 5.57 Å². The lowest BCUT2D eigenvalue weighted by atomic mass is 9.66. The molecular weight excluding hydrogens is 276 g/mol. The first-order chi connectivity index (χ1) is 11.1. The zero-order valence-corrected chi connectivity index (χ0v) is 14.7. The summed E-state index contributed by atoms with van der Waals surface area (Å²) in [6.45, 7) is 16.9. The summed E-state index contributed by atoms with van der Waals surface area (Å²) in [5, 5.41) is 0. The molecule has 0 radical (unpaired) electrons. The van der Waals surface area contributed by atoms with E-state index in [4.69, 9.17) is 0 Å². The predicted molar refractivity (Wildman–Crippen MR) is 103 cm³/mol. The lowest BCUT2D eigenvalue weighted by Gasteiger charge is -2.35. The third kappa shape index (κ3) is 2.39. The average molecular weight is 302 g/mol. The Morgan fingerprint density at radius 2 is 1.78 bits per heavy atom. The van der Waals surface area contributed by atoms with Gasteiger partial charge in [0.15, 0.2) is 0 Å². The van der Waals surface area contributed by atoms with Crippen LogP contribution in [0.3, 0.4) is 0 Å². The van der Waals surface area contributed by atoms with E-state index >= 15 is 0 Å². The Kier molecular flexibility index (Phi) is 5.05. The number of benzene rings is 1. The van der Waals surface area contributed by atoms with Crippen LogP contribution in [0.5, 0.6) is 0 Å². The van der Waals surface area contributed by atoms with Gasteiger partial charge in [-0.2, -0.15) is 0 Å². The molecule has 1 aliphatic rings. The van der Waals surface area contributed by atoms with Gasteiger partial charge in [-0.05, 0) is 55.5 Å². The van der Waals surface area contributed by atoms with Crippen LogP contribution in [0.15, 0.2) is 90.6 Å². The Balaban J connectivity index is 3.00. The molecule has 0 fully saturated rings. The van der Waals surface area contributed by atoms with Crippen LogP contribution in [0.1, 0.15) is 38.8 Å². The summed E-state index contributed by atoms with van der Waals surface area (Å²) < 4.78 is 0. The fourth-order valence-corrected chi connectivity index (χ4v) is 3.71. The summed E-state index contributed by atoms with van der Waals surface area (Å²) in [5.74, 6) is 0. The van der Waals surface area contributed by atoms with Crippen molar-refractivity contribution in [2.45, 2.75) is 33.1 Å². The fourth-order valence-electron chi connectivity index (χ4n) is 3.71. The maximum atomic E-state index is 4.44. The summed E-state index contributed by atoms with van der Waals surface area (Å²) in [6.07, 6.45) is 12.7. The molecule has 0 amide bonds. The summed E-state index contributed by atoms with van der Waals surface area (Å²) in [6, 6.07) is 8.61. The third-order valence-corrected chi connectivity index (χ3v) is 4.73. The highest BCUT2D eigenvalue weighted by Crippen LogP contribution is 2.55. The molecule has 1 atom stereocenters. The van der Waals surface area contributed by atoms with E-state index in [-0.39, 0.29) is 5.41 Å². The maximum absolute atomic E-state index is 4.44. The summed E-state index contributed by atoms with van der Waals surface area (Å²) in [4.78, 5) is 0.